The molecule has 4 nitrogen and oxygen atoms in total. The SMILES string of the molecule is O=S1CCC(Nc2nccc(C(F)(F)F)n2)CC1. The van der Waals surface area contributed by atoms with Gasteiger partial charge in [-0.1, -0.05) is 0 Å². The average Bonchev–Trinajstić information content (AvgIpc) is 2.31. The van der Waals surface area contributed by atoms with Gasteiger partial charge in [0.05, 0.1) is 0 Å². The minimum Gasteiger partial charge on any atom is -0.351 e. The Morgan fingerprint density at radius 3 is 2.61 bits per heavy atom. The molecule has 0 radical (unpaired) electrons. The van der Waals surface area contributed by atoms with Crippen LogP contribution in [0.3, 0.4) is 0 Å². The minimum atomic E-state index is -4.46. The summed E-state index contributed by atoms with van der Waals surface area (Å²) in [6, 6.07) is 0.826. The number of alkyl halides is 3. The monoisotopic (exact) mass is 279 g/mol. The van der Waals surface area contributed by atoms with Crippen LogP contribution in [0.4, 0.5) is 19.1 Å². The first-order valence-electron chi connectivity index (χ1n) is 5.47. The van der Waals surface area contributed by atoms with Crippen LogP contribution in [0.1, 0.15) is 18.5 Å². The van der Waals surface area contributed by atoms with E-state index in [1.165, 1.54) is 0 Å². The number of halogens is 3. The molecule has 0 spiro atoms. The van der Waals surface area contributed by atoms with Crippen molar-refractivity contribution in [1.29, 1.82) is 0 Å². The van der Waals surface area contributed by atoms with E-state index in [2.05, 4.69) is 15.3 Å². The van der Waals surface area contributed by atoms with Gasteiger partial charge >= 0.3 is 6.18 Å². The molecule has 0 bridgehead atoms. The summed E-state index contributed by atoms with van der Waals surface area (Å²) < 4.78 is 48.5. The second-order valence-corrected chi connectivity index (χ2v) is 5.73. The van der Waals surface area contributed by atoms with E-state index >= 15 is 0 Å². The van der Waals surface area contributed by atoms with Gasteiger partial charge < -0.3 is 5.32 Å². The largest absolute Gasteiger partial charge is 0.433 e. The summed E-state index contributed by atoms with van der Waals surface area (Å²) in [7, 11) is -0.798. The van der Waals surface area contributed by atoms with Crippen LogP contribution in [0.2, 0.25) is 0 Å². The summed E-state index contributed by atoms with van der Waals surface area (Å²) in [5.74, 6) is 1.11. The number of hydrogen-bond acceptors (Lipinski definition) is 4. The van der Waals surface area contributed by atoms with Gasteiger partial charge in [0.2, 0.25) is 5.95 Å². The average molecular weight is 279 g/mol. The van der Waals surface area contributed by atoms with Crippen molar-refractivity contribution in [2.45, 2.75) is 25.1 Å². The zero-order valence-electron chi connectivity index (χ0n) is 9.41. The molecule has 0 saturated carbocycles. The summed E-state index contributed by atoms with van der Waals surface area (Å²) in [6.45, 7) is 0. The first-order valence-corrected chi connectivity index (χ1v) is 6.96. The van der Waals surface area contributed by atoms with E-state index in [1.807, 2.05) is 0 Å². The highest BCUT2D eigenvalue weighted by Gasteiger charge is 2.33. The molecule has 1 fully saturated rings. The number of anilines is 1. The number of rotatable bonds is 2. The Kier molecular flexibility index (Phi) is 3.84. The third kappa shape index (κ3) is 3.41. The summed E-state index contributed by atoms with van der Waals surface area (Å²) >= 11 is 0. The molecule has 1 aromatic heterocycles. The lowest BCUT2D eigenvalue weighted by molar-refractivity contribution is -0.141. The lowest BCUT2D eigenvalue weighted by Gasteiger charge is -2.22. The maximum atomic E-state index is 12.4. The molecule has 0 aromatic carbocycles. The zero-order valence-corrected chi connectivity index (χ0v) is 10.2. The molecule has 1 saturated heterocycles. The fourth-order valence-electron chi connectivity index (χ4n) is 1.71. The van der Waals surface area contributed by atoms with Crippen LogP contribution in [0.5, 0.6) is 0 Å². The van der Waals surface area contributed by atoms with E-state index in [0.717, 1.165) is 12.3 Å². The lowest BCUT2D eigenvalue weighted by atomic mass is 10.2. The van der Waals surface area contributed by atoms with Crippen LogP contribution < -0.4 is 5.32 Å². The van der Waals surface area contributed by atoms with Crippen molar-refractivity contribution in [2.75, 3.05) is 16.8 Å². The number of nitrogens with zero attached hydrogens (tertiary/aromatic N) is 2. The second-order valence-electron chi connectivity index (χ2n) is 4.03. The van der Waals surface area contributed by atoms with Crippen LogP contribution in [0, 0.1) is 0 Å². The number of hydrogen-bond donors (Lipinski definition) is 1. The van der Waals surface area contributed by atoms with E-state index in [1.54, 1.807) is 0 Å². The maximum Gasteiger partial charge on any atom is 0.433 e. The summed E-state index contributed by atoms with van der Waals surface area (Å²) in [5, 5.41) is 2.86. The van der Waals surface area contributed by atoms with Gasteiger partial charge in [-0.05, 0) is 18.9 Å². The number of aromatic nitrogens is 2. The molecule has 0 aliphatic carbocycles. The Morgan fingerprint density at radius 2 is 2.00 bits per heavy atom. The van der Waals surface area contributed by atoms with E-state index in [9.17, 15) is 17.4 Å². The van der Waals surface area contributed by atoms with Gasteiger partial charge in [-0.15, -0.1) is 0 Å². The first kappa shape index (κ1) is 13.3. The minimum absolute atomic E-state index is 0.00816. The van der Waals surface area contributed by atoms with E-state index in [-0.39, 0.29) is 12.0 Å². The third-order valence-corrected chi connectivity index (χ3v) is 4.05. The van der Waals surface area contributed by atoms with Crippen molar-refractivity contribution in [3.63, 3.8) is 0 Å². The molecule has 0 unspecified atom stereocenters. The molecule has 8 heteroatoms. The summed E-state index contributed by atoms with van der Waals surface area (Å²) in [5.41, 5.74) is -0.959. The van der Waals surface area contributed by atoms with Gasteiger partial charge in [0.15, 0.2) is 0 Å². The van der Waals surface area contributed by atoms with Gasteiger partial charge in [-0.2, -0.15) is 13.2 Å². The Morgan fingerprint density at radius 1 is 1.33 bits per heavy atom. The molecule has 0 atom stereocenters. The third-order valence-electron chi connectivity index (χ3n) is 2.67. The van der Waals surface area contributed by atoms with Gasteiger partial charge in [0.25, 0.3) is 0 Å². The van der Waals surface area contributed by atoms with Crippen LogP contribution in [-0.4, -0.2) is 31.7 Å². The van der Waals surface area contributed by atoms with Crippen molar-refractivity contribution >= 4 is 16.7 Å². The number of nitrogens with one attached hydrogen (secondary N) is 1. The van der Waals surface area contributed by atoms with Gasteiger partial charge in [-0.25, -0.2) is 9.97 Å². The van der Waals surface area contributed by atoms with E-state index < -0.39 is 22.7 Å². The topological polar surface area (TPSA) is 54.9 Å². The molecule has 1 aliphatic rings. The van der Waals surface area contributed by atoms with E-state index in [0.29, 0.717) is 24.3 Å². The molecule has 1 N–H and O–H groups in total. The zero-order chi connectivity index (χ0) is 13.2. The fraction of sp³-hybridized carbons (Fsp3) is 0.600. The Hall–Kier alpha value is -1.18. The van der Waals surface area contributed by atoms with Crippen LogP contribution in [0.25, 0.3) is 0 Å². The van der Waals surface area contributed by atoms with Crippen LogP contribution in [-0.2, 0) is 17.0 Å². The molecule has 2 heterocycles. The van der Waals surface area contributed by atoms with Crippen molar-refractivity contribution < 1.29 is 17.4 Å². The molecular formula is C10H12F3N3OS. The summed E-state index contributed by atoms with van der Waals surface area (Å²) in [4.78, 5) is 7.20. The quantitative estimate of drug-likeness (QED) is 0.897. The molecule has 100 valence electrons. The first-order chi connectivity index (χ1) is 8.45. The Labute approximate surface area is 104 Å². The van der Waals surface area contributed by atoms with Crippen LogP contribution in [0.15, 0.2) is 12.3 Å². The molecule has 1 aliphatic heterocycles. The van der Waals surface area contributed by atoms with Crippen molar-refractivity contribution in [1.82, 2.24) is 9.97 Å². The van der Waals surface area contributed by atoms with Crippen molar-refractivity contribution in [3.05, 3.63) is 18.0 Å². The second kappa shape index (κ2) is 5.21. The van der Waals surface area contributed by atoms with Crippen LogP contribution >= 0.6 is 0 Å². The highest BCUT2D eigenvalue weighted by Crippen LogP contribution is 2.27. The summed E-state index contributed by atoms with van der Waals surface area (Å²) in [6.07, 6.45) is -2.06. The standard InChI is InChI=1S/C10H12F3N3OS/c11-10(12,13)8-1-4-14-9(16-8)15-7-2-5-18(17)6-3-7/h1,4,7H,2-3,5-6H2,(H,14,15,16). The Balaban J connectivity index is 2.03. The lowest BCUT2D eigenvalue weighted by Crippen LogP contribution is -2.30. The Bertz CT molecular complexity index is 442. The highest BCUT2D eigenvalue weighted by atomic mass is 32.2. The maximum absolute atomic E-state index is 12.4. The van der Waals surface area contributed by atoms with Crippen molar-refractivity contribution in [3.8, 4) is 0 Å². The predicted molar refractivity (Wildman–Crippen MR) is 61.6 cm³/mol. The van der Waals surface area contributed by atoms with Gasteiger partial charge in [-0.3, -0.25) is 4.21 Å². The van der Waals surface area contributed by atoms with Gasteiger partial charge in [0, 0.05) is 34.5 Å². The molecule has 2 rings (SSSR count). The smallest absolute Gasteiger partial charge is 0.351 e. The molecule has 1 aromatic rings. The van der Waals surface area contributed by atoms with E-state index in [4.69, 9.17) is 0 Å². The van der Waals surface area contributed by atoms with Gasteiger partial charge in [0.1, 0.15) is 5.69 Å². The molecule has 18 heavy (non-hydrogen) atoms. The normalized spacial score (nSPS) is 24.8. The highest BCUT2D eigenvalue weighted by molar-refractivity contribution is 7.85. The predicted octanol–water partition coefficient (Wildman–Crippen LogP) is 1.82. The van der Waals surface area contributed by atoms with Crippen molar-refractivity contribution in [2.24, 2.45) is 0 Å². The molecule has 0 amide bonds. The molecular weight excluding hydrogens is 267 g/mol. The fourth-order valence-corrected chi connectivity index (χ4v) is 3.01.